The van der Waals surface area contributed by atoms with Gasteiger partial charge in [-0.1, -0.05) is 23.7 Å². The number of imidazole rings is 1. The molecule has 0 atom stereocenters. The minimum atomic E-state index is -2.89. The summed E-state index contributed by atoms with van der Waals surface area (Å²) in [6.07, 6.45) is 3.17. The van der Waals surface area contributed by atoms with E-state index in [0.29, 0.717) is 43.9 Å². The molecule has 9 nitrogen and oxygen atoms in total. The molecule has 0 bridgehead atoms. The fourth-order valence-electron chi connectivity index (χ4n) is 5.68. The van der Waals surface area contributed by atoms with E-state index in [0.717, 1.165) is 30.1 Å². The Bertz CT molecular complexity index is 1680. The first kappa shape index (κ1) is 27.1. The van der Waals surface area contributed by atoms with Crippen LogP contribution in [0.2, 0.25) is 5.02 Å². The van der Waals surface area contributed by atoms with Gasteiger partial charge in [-0.05, 0) is 61.9 Å². The van der Waals surface area contributed by atoms with Crippen LogP contribution in [0.15, 0.2) is 59.7 Å². The van der Waals surface area contributed by atoms with E-state index in [1.54, 1.807) is 32.4 Å². The van der Waals surface area contributed by atoms with Crippen molar-refractivity contribution < 1.29 is 18.4 Å². The molecule has 41 heavy (non-hydrogen) atoms. The predicted octanol–water partition coefficient (Wildman–Crippen LogP) is 4.90. The summed E-state index contributed by atoms with van der Waals surface area (Å²) in [7, 11) is 0. The van der Waals surface area contributed by atoms with Gasteiger partial charge in [0.05, 0.1) is 33.5 Å². The highest BCUT2D eigenvalue weighted by atomic mass is 35.5. The maximum absolute atomic E-state index is 13.7. The van der Waals surface area contributed by atoms with Crippen molar-refractivity contribution in [2.45, 2.75) is 51.1 Å². The van der Waals surface area contributed by atoms with Crippen LogP contribution in [0.1, 0.15) is 54.6 Å². The highest BCUT2D eigenvalue weighted by molar-refractivity contribution is 6.30. The fraction of sp³-hybridized carbons (Fsp3) is 0.345. The van der Waals surface area contributed by atoms with Gasteiger partial charge in [0.1, 0.15) is 11.5 Å². The van der Waals surface area contributed by atoms with Crippen LogP contribution in [-0.2, 0) is 11.3 Å². The molecule has 0 spiro atoms. The van der Waals surface area contributed by atoms with Crippen LogP contribution >= 0.6 is 11.6 Å². The second kappa shape index (κ2) is 11.0. The first-order valence-electron chi connectivity index (χ1n) is 13.5. The summed E-state index contributed by atoms with van der Waals surface area (Å²) >= 11 is 5.90. The van der Waals surface area contributed by atoms with Crippen molar-refractivity contribution in [2.75, 3.05) is 11.4 Å². The van der Waals surface area contributed by atoms with Crippen LogP contribution in [-0.4, -0.2) is 43.5 Å². The third-order valence-electron chi connectivity index (χ3n) is 7.91. The zero-order chi connectivity index (χ0) is 28.7. The number of rotatable bonds is 7. The van der Waals surface area contributed by atoms with Crippen molar-refractivity contribution in [3.63, 3.8) is 0 Å². The summed E-state index contributed by atoms with van der Waals surface area (Å²) in [6.45, 7) is 1.15. The lowest BCUT2D eigenvalue weighted by atomic mass is 9.85. The zero-order valence-electron chi connectivity index (χ0n) is 22.0. The summed E-state index contributed by atoms with van der Waals surface area (Å²) in [5, 5.41) is 2.97. The number of alkyl halides is 2. The standard InChI is InChI=1S/C29H27ClF2N6O3/c30-18-13-21(26(27(31)32)34-14-18)28(40)35-19-7-5-17(6-8-19)16-37-22-3-1-2-4-23(22)38(29(37)41)20-9-10-24(33-15-20)36-12-11-25(36)39/h1-4,9-10,13-15,17,19,27H,5-8,11-12,16H2,(H,35,40)/t17-,19-. The van der Waals surface area contributed by atoms with Crippen LogP contribution in [0, 0.1) is 5.92 Å². The first-order chi connectivity index (χ1) is 19.8. The van der Waals surface area contributed by atoms with E-state index in [1.807, 2.05) is 24.3 Å². The number of anilines is 1. The molecular formula is C29H27ClF2N6O3. The molecule has 6 rings (SSSR count). The SMILES string of the molecule is O=C(N[C@H]1CC[C@H](Cn2c(=O)n(-c3ccc(N4CCC4=O)nc3)c3ccccc32)CC1)c1cc(Cl)cnc1C(F)F. The van der Waals surface area contributed by atoms with Crippen LogP contribution < -0.4 is 15.9 Å². The molecule has 2 fully saturated rings. The van der Waals surface area contributed by atoms with Crippen molar-refractivity contribution in [3.05, 3.63) is 81.6 Å². The summed E-state index contributed by atoms with van der Waals surface area (Å²) in [4.78, 5) is 47.9. The van der Waals surface area contributed by atoms with Crippen LogP contribution in [0.3, 0.4) is 0 Å². The molecule has 4 heterocycles. The molecule has 1 saturated heterocycles. The zero-order valence-corrected chi connectivity index (χ0v) is 22.7. The Balaban J connectivity index is 1.16. The number of nitrogens with zero attached hydrogens (tertiary/aromatic N) is 5. The van der Waals surface area contributed by atoms with Gasteiger partial charge in [0.25, 0.3) is 12.3 Å². The molecule has 4 aromatic rings. The highest BCUT2D eigenvalue weighted by Crippen LogP contribution is 2.29. The van der Waals surface area contributed by atoms with E-state index in [4.69, 9.17) is 11.6 Å². The van der Waals surface area contributed by atoms with Gasteiger partial charge in [-0.3, -0.25) is 28.6 Å². The molecule has 1 N–H and O–H groups in total. The number of para-hydroxylation sites is 2. The lowest BCUT2D eigenvalue weighted by Crippen LogP contribution is -2.43. The lowest BCUT2D eigenvalue weighted by molar-refractivity contribution is -0.122. The molecule has 1 aliphatic heterocycles. The Labute approximate surface area is 238 Å². The van der Waals surface area contributed by atoms with E-state index in [-0.39, 0.29) is 34.1 Å². The van der Waals surface area contributed by atoms with Crippen LogP contribution in [0.4, 0.5) is 14.6 Å². The molecule has 1 aromatic carbocycles. The van der Waals surface area contributed by atoms with Crippen molar-refractivity contribution in [1.82, 2.24) is 24.4 Å². The minimum absolute atomic E-state index is 0.0349. The number of halogens is 3. The fourth-order valence-corrected chi connectivity index (χ4v) is 5.84. The van der Waals surface area contributed by atoms with Crippen molar-refractivity contribution in [1.29, 1.82) is 0 Å². The smallest absolute Gasteiger partial charge is 0.333 e. The van der Waals surface area contributed by atoms with E-state index >= 15 is 0 Å². The Morgan fingerprint density at radius 1 is 1.02 bits per heavy atom. The topological polar surface area (TPSA) is 102 Å². The van der Waals surface area contributed by atoms with Crippen LogP contribution in [0.5, 0.6) is 0 Å². The van der Waals surface area contributed by atoms with Gasteiger partial charge >= 0.3 is 5.69 Å². The molecule has 2 aliphatic rings. The molecule has 0 radical (unpaired) electrons. The highest BCUT2D eigenvalue weighted by Gasteiger charge is 2.28. The number of carbonyl (C=O) groups excluding carboxylic acids is 2. The second-order valence-corrected chi connectivity index (χ2v) is 10.9. The summed E-state index contributed by atoms with van der Waals surface area (Å²) in [5.74, 6) is 0.189. The molecule has 0 unspecified atom stereocenters. The number of nitrogens with one attached hydrogen (secondary N) is 1. The van der Waals surface area contributed by atoms with Crippen molar-refractivity contribution in [2.24, 2.45) is 5.92 Å². The Morgan fingerprint density at radius 3 is 2.41 bits per heavy atom. The number of carbonyl (C=O) groups is 2. The maximum Gasteiger partial charge on any atom is 0.333 e. The Kier molecular flexibility index (Phi) is 7.29. The maximum atomic E-state index is 13.7. The van der Waals surface area contributed by atoms with Gasteiger partial charge in [-0.15, -0.1) is 0 Å². The predicted molar refractivity (Wildman–Crippen MR) is 150 cm³/mol. The number of pyridine rings is 2. The van der Waals surface area contributed by atoms with E-state index in [1.165, 1.54) is 6.07 Å². The number of hydrogen-bond acceptors (Lipinski definition) is 5. The van der Waals surface area contributed by atoms with E-state index in [2.05, 4.69) is 15.3 Å². The summed E-state index contributed by atoms with van der Waals surface area (Å²) < 4.78 is 30.1. The van der Waals surface area contributed by atoms with E-state index in [9.17, 15) is 23.2 Å². The quantitative estimate of drug-likeness (QED) is 0.313. The molecule has 1 saturated carbocycles. The van der Waals surface area contributed by atoms with Gasteiger partial charge < -0.3 is 5.32 Å². The molecule has 3 aromatic heterocycles. The number of β-lactam (4-membered cyclic amide) rings is 1. The van der Waals surface area contributed by atoms with Gasteiger partial charge in [0.2, 0.25) is 5.91 Å². The second-order valence-electron chi connectivity index (χ2n) is 10.5. The first-order valence-corrected chi connectivity index (χ1v) is 13.9. The van der Waals surface area contributed by atoms with Gasteiger partial charge in [0.15, 0.2) is 0 Å². The van der Waals surface area contributed by atoms with Crippen molar-refractivity contribution in [3.8, 4) is 5.69 Å². The number of benzene rings is 1. The largest absolute Gasteiger partial charge is 0.349 e. The average molecular weight is 581 g/mol. The summed E-state index contributed by atoms with van der Waals surface area (Å²) in [6, 6.07) is 12.2. The number of hydrogen-bond donors (Lipinski definition) is 1. The molecular weight excluding hydrogens is 554 g/mol. The molecule has 12 heteroatoms. The molecule has 1 aliphatic carbocycles. The third kappa shape index (κ3) is 5.21. The van der Waals surface area contributed by atoms with Gasteiger partial charge in [-0.25, -0.2) is 18.6 Å². The number of aromatic nitrogens is 4. The Hall–Kier alpha value is -4.12. The van der Waals surface area contributed by atoms with Gasteiger partial charge in [-0.2, -0.15) is 0 Å². The average Bonchev–Trinajstić information content (AvgIpc) is 3.24. The van der Waals surface area contributed by atoms with Crippen molar-refractivity contribution >= 4 is 40.3 Å². The normalized spacial score (nSPS) is 19.0. The number of amides is 2. The van der Waals surface area contributed by atoms with E-state index < -0.39 is 18.0 Å². The Morgan fingerprint density at radius 2 is 1.78 bits per heavy atom. The molecule has 2 amide bonds. The summed E-state index contributed by atoms with van der Waals surface area (Å²) in [5.41, 5.74) is 1.21. The monoisotopic (exact) mass is 580 g/mol. The minimum Gasteiger partial charge on any atom is -0.349 e. The van der Waals surface area contributed by atoms with Gasteiger partial charge in [0, 0.05) is 31.7 Å². The molecule has 212 valence electrons. The van der Waals surface area contributed by atoms with Crippen LogP contribution in [0.25, 0.3) is 16.7 Å². The lowest BCUT2D eigenvalue weighted by Gasteiger charge is -2.29. The third-order valence-corrected chi connectivity index (χ3v) is 8.12. The number of fused-ring (bicyclic) bond motifs is 1.